The Hall–Kier alpha value is -2.54. The lowest BCUT2D eigenvalue weighted by Gasteiger charge is -1.97. The summed E-state index contributed by atoms with van der Waals surface area (Å²) in [5, 5.41) is 14.9. The fourth-order valence-electron chi connectivity index (χ4n) is 1.79. The molecular weight excluding hydrogens is 298 g/mol. The van der Waals surface area contributed by atoms with Crippen LogP contribution in [0.3, 0.4) is 0 Å². The molecule has 1 aromatic carbocycles. The molecule has 112 valence electrons. The lowest BCUT2D eigenvalue weighted by molar-refractivity contribution is 0.513. The summed E-state index contributed by atoms with van der Waals surface area (Å²) in [4.78, 5) is 4.27. The summed E-state index contributed by atoms with van der Waals surface area (Å²) in [6.45, 7) is 3.93. The van der Waals surface area contributed by atoms with E-state index in [1.54, 1.807) is 6.21 Å². The van der Waals surface area contributed by atoms with E-state index in [2.05, 4.69) is 25.7 Å². The average molecular weight is 313 g/mol. The zero-order valence-corrected chi connectivity index (χ0v) is 13.1. The quantitative estimate of drug-likeness (QED) is 0.576. The number of nitrogens with one attached hydrogen (secondary N) is 1. The van der Waals surface area contributed by atoms with Gasteiger partial charge in [0.05, 0.1) is 11.9 Å². The predicted octanol–water partition coefficient (Wildman–Crippen LogP) is 3.51. The first kappa shape index (κ1) is 14.4. The Kier molecular flexibility index (Phi) is 4.24. The molecule has 6 nitrogen and oxygen atoms in total. The maximum absolute atomic E-state index is 5.52. The van der Waals surface area contributed by atoms with Gasteiger partial charge in [0.15, 0.2) is 0 Å². The van der Waals surface area contributed by atoms with Crippen molar-refractivity contribution < 1.29 is 4.42 Å². The second kappa shape index (κ2) is 6.48. The van der Waals surface area contributed by atoms with Crippen LogP contribution in [0.25, 0.3) is 11.5 Å². The number of aryl methyl sites for hydroxylation is 2. The second-order valence-electron chi connectivity index (χ2n) is 4.64. The van der Waals surface area contributed by atoms with Crippen LogP contribution in [0.1, 0.15) is 24.1 Å². The van der Waals surface area contributed by atoms with Gasteiger partial charge in [-0.1, -0.05) is 19.1 Å². The van der Waals surface area contributed by atoms with Crippen LogP contribution in [0.15, 0.2) is 39.2 Å². The van der Waals surface area contributed by atoms with Crippen molar-refractivity contribution in [1.82, 2.24) is 15.2 Å². The number of hydrazone groups is 1. The fourth-order valence-corrected chi connectivity index (χ4v) is 2.43. The molecule has 3 aromatic rings. The molecule has 0 aliphatic rings. The largest absolute Gasteiger partial charge is 0.421 e. The maximum Gasteiger partial charge on any atom is 0.247 e. The van der Waals surface area contributed by atoms with Crippen LogP contribution >= 0.6 is 11.3 Å². The Labute approximate surface area is 131 Å². The van der Waals surface area contributed by atoms with Crippen molar-refractivity contribution in [2.45, 2.75) is 20.3 Å². The molecule has 0 aliphatic heterocycles. The van der Waals surface area contributed by atoms with E-state index in [-0.39, 0.29) is 0 Å². The van der Waals surface area contributed by atoms with Gasteiger partial charge in [0.1, 0.15) is 0 Å². The Balaban J connectivity index is 1.66. The minimum Gasteiger partial charge on any atom is -0.421 e. The zero-order valence-electron chi connectivity index (χ0n) is 12.3. The predicted molar refractivity (Wildman–Crippen MR) is 87.2 cm³/mol. The minimum absolute atomic E-state index is 0.539. The highest BCUT2D eigenvalue weighted by atomic mass is 32.1. The molecule has 0 bridgehead atoms. The van der Waals surface area contributed by atoms with E-state index in [0.717, 1.165) is 28.4 Å². The zero-order chi connectivity index (χ0) is 15.4. The third-order valence-corrected chi connectivity index (χ3v) is 3.78. The van der Waals surface area contributed by atoms with Crippen LogP contribution in [0.5, 0.6) is 0 Å². The van der Waals surface area contributed by atoms with E-state index in [4.69, 9.17) is 4.42 Å². The summed E-state index contributed by atoms with van der Waals surface area (Å²) >= 11 is 1.53. The van der Waals surface area contributed by atoms with Crippen molar-refractivity contribution in [2.75, 3.05) is 5.43 Å². The van der Waals surface area contributed by atoms with E-state index < -0.39 is 0 Å². The summed E-state index contributed by atoms with van der Waals surface area (Å²) in [5.41, 5.74) is 5.76. The maximum atomic E-state index is 5.52. The third kappa shape index (κ3) is 3.37. The molecule has 0 amide bonds. The summed E-state index contributed by atoms with van der Waals surface area (Å²) in [6.07, 6.45) is 2.48. The van der Waals surface area contributed by atoms with Gasteiger partial charge in [-0.3, -0.25) is 5.43 Å². The topological polar surface area (TPSA) is 76.2 Å². The van der Waals surface area contributed by atoms with Gasteiger partial charge >= 0.3 is 0 Å². The van der Waals surface area contributed by atoms with Crippen molar-refractivity contribution in [3.05, 3.63) is 46.8 Å². The first-order valence-electron chi connectivity index (χ1n) is 6.88. The molecular formula is C15H15N5OS. The van der Waals surface area contributed by atoms with Crippen LogP contribution in [0.4, 0.5) is 5.13 Å². The molecule has 0 spiro atoms. The van der Waals surface area contributed by atoms with Crippen LogP contribution < -0.4 is 5.43 Å². The number of benzene rings is 1. The third-order valence-electron chi connectivity index (χ3n) is 2.92. The van der Waals surface area contributed by atoms with E-state index in [1.807, 2.05) is 43.5 Å². The normalized spacial score (nSPS) is 11.2. The van der Waals surface area contributed by atoms with E-state index >= 15 is 0 Å². The first-order chi connectivity index (χ1) is 10.7. The molecule has 0 saturated heterocycles. The Bertz CT molecular complexity index is 775. The standard InChI is InChI=1S/C15H15N5OS/c1-3-13-18-19-14(21-13)12-6-4-11(5-7-12)8-16-20-15-17-10(2)9-22-15/h4-9H,3H2,1-2H3,(H,17,20). The molecule has 0 aliphatic carbocycles. The number of aromatic nitrogens is 3. The van der Waals surface area contributed by atoms with Crippen molar-refractivity contribution in [3.63, 3.8) is 0 Å². The highest BCUT2D eigenvalue weighted by Gasteiger charge is 2.06. The summed E-state index contributed by atoms with van der Waals surface area (Å²) in [6, 6.07) is 7.76. The molecule has 22 heavy (non-hydrogen) atoms. The van der Waals surface area contributed by atoms with Crippen molar-refractivity contribution in [2.24, 2.45) is 5.10 Å². The lowest BCUT2D eigenvalue weighted by Crippen LogP contribution is -1.90. The van der Waals surface area contributed by atoms with Crippen LogP contribution in [-0.2, 0) is 6.42 Å². The SMILES string of the molecule is CCc1nnc(-c2ccc(C=NNc3nc(C)cs3)cc2)o1. The van der Waals surface area contributed by atoms with Gasteiger partial charge in [-0.2, -0.15) is 5.10 Å². The number of hydrogen-bond donors (Lipinski definition) is 1. The average Bonchev–Trinajstić information content (AvgIpc) is 3.17. The Morgan fingerprint density at radius 1 is 1.27 bits per heavy atom. The fraction of sp³-hybridized carbons (Fsp3) is 0.200. The molecule has 0 fully saturated rings. The number of anilines is 1. The van der Waals surface area contributed by atoms with Crippen molar-refractivity contribution in [1.29, 1.82) is 0 Å². The number of thiazole rings is 1. The smallest absolute Gasteiger partial charge is 0.247 e. The van der Waals surface area contributed by atoms with Gasteiger partial charge in [-0.25, -0.2) is 4.98 Å². The monoisotopic (exact) mass is 313 g/mol. The van der Waals surface area contributed by atoms with Crippen LogP contribution in [0.2, 0.25) is 0 Å². The first-order valence-corrected chi connectivity index (χ1v) is 7.76. The van der Waals surface area contributed by atoms with Crippen molar-refractivity contribution >= 4 is 22.7 Å². The van der Waals surface area contributed by atoms with Gasteiger partial charge in [0.25, 0.3) is 0 Å². The Morgan fingerprint density at radius 3 is 2.73 bits per heavy atom. The molecule has 0 saturated carbocycles. The summed E-state index contributed by atoms with van der Waals surface area (Å²) in [7, 11) is 0. The second-order valence-corrected chi connectivity index (χ2v) is 5.50. The molecule has 0 radical (unpaired) electrons. The summed E-state index contributed by atoms with van der Waals surface area (Å²) < 4.78 is 5.52. The minimum atomic E-state index is 0.539. The summed E-state index contributed by atoms with van der Waals surface area (Å²) in [5.74, 6) is 1.18. The van der Waals surface area contributed by atoms with Gasteiger partial charge < -0.3 is 4.42 Å². The van der Waals surface area contributed by atoms with Crippen LogP contribution in [-0.4, -0.2) is 21.4 Å². The van der Waals surface area contributed by atoms with E-state index in [1.165, 1.54) is 11.3 Å². The number of hydrogen-bond acceptors (Lipinski definition) is 7. The Morgan fingerprint density at radius 2 is 2.09 bits per heavy atom. The number of nitrogens with zero attached hydrogens (tertiary/aromatic N) is 4. The highest BCUT2D eigenvalue weighted by Crippen LogP contribution is 2.18. The lowest BCUT2D eigenvalue weighted by atomic mass is 10.1. The van der Waals surface area contributed by atoms with Gasteiger partial charge in [0.2, 0.25) is 16.9 Å². The van der Waals surface area contributed by atoms with Gasteiger partial charge in [0, 0.05) is 17.4 Å². The van der Waals surface area contributed by atoms with Crippen molar-refractivity contribution in [3.8, 4) is 11.5 Å². The van der Waals surface area contributed by atoms with E-state index in [9.17, 15) is 0 Å². The van der Waals surface area contributed by atoms with Gasteiger partial charge in [-0.05, 0) is 24.6 Å². The van der Waals surface area contributed by atoms with Gasteiger partial charge in [-0.15, -0.1) is 21.5 Å². The van der Waals surface area contributed by atoms with E-state index in [0.29, 0.717) is 11.8 Å². The molecule has 0 atom stereocenters. The molecule has 1 N–H and O–H groups in total. The molecule has 0 unspecified atom stereocenters. The highest BCUT2D eigenvalue weighted by molar-refractivity contribution is 7.13. The molecule has 2 aromatic heterocycles. The molecule has 2 heterocycles. The molecule has 7 heteroatoms. The number of rotatable bonds is 5. The van der Waals surface area contributed by atoms with Crippen LogP contribution in [0, 0.1) is 6.92 Å². The molecule has 3 rings (SSSR count).